The highest BCUT2D eigenvalue weighted by atomic mass is 79.9. The molecule has 2 heterocycles. The lowest BCUT2D eigenvalue weighted by Crippen LogP contribution is -2.28. The van der Waals surface area contributed by atoms with Crippen LogP contribution in [-0.2, 0) is 11.2 Å². The van der Waals surface area contributed by atoms with Gasteiger partial charge in [-0.05, 0) is 36.0 Å². The van der Waals surface area contributed by atoms with E-state index in [2.05, 4.69) is 50.9 Å². The summed E-state index contributed by atoms with van der Waals surface area (Å²) in [7, 11) is 0. The minimum Gasteiger partial charge on any atom is -0.493 e. The van der Waals surface area contributed by atoms with E-state index in [-0.39, 0.29) is 0 Å². The molecule has 4 heteroatoms. The Morgan fingerprint density at radius 1 is 1.32 bits per heavy atom. The van der Waals surface area contributed by atoms with Gasteiger partial charge in [0.1, 0.15) is 5.75 Å². The molecule has 0 aromatic heterocycles. The van der Waals surface area contributed by atoms with Crippen LogP contribution in [0.1, 0.15) is 29.3 Å². The molecule has 3 atom stereocenters. The van der Waals surface area contributed by atoms with Crippen molar-refractivity contribution in [2.45, 2.75) is 24.6 Å². The Labute approximate surface area is 131 Å². The van der Waals surface area contributed by atoms with Crippen LogP contribution in [0.15, 0.2) is 16.6 Å². The lowest BCUT2D eigenvalue weighted by molar-refractivity contribution is 0.0239. The van der Waals surface area contributed by atoms with Crippen LogP contribution in [0.25, 0.3) is 0 Å². The number of alkyl halides is 1. The highest BCUT2D eigenvalue weighted by Gasteiger charge is 2.32. The summed E-state index contributed by atoms with van der Waals surface area (Å²) in [6.07, 6.45) is 2.13. The first-order chi connectivity index (χ1) is 9.16. The van der Waals surface area contributed by atoms with Gasteiger partial charge in [0.2, 0.25) is 0 Å². The van der Waals surface area contributed by atoms with Crippen LogP contribution < -0.4 is 4.74 Å². The Balaban J connectivity index is 1.93. The second kappa shape index (κ2) is 5.74. The SMILES string of the molecule is CC1COCCC1C(Br)c1cc(Br)cc2c1OCC2. The molecule has 19 heavy (non-hydrogen) atoms. The minimum absolute atomic E-state index is 0.343. The highest BCUT2D eigenvalue weighted by molar-refractivity contribution is 9.10. The molecule has 0 aliphatic carbocycles. The van der Waals surface area contributed by atoms with E-state index in [1.165, 1.54) is 11.1 Å². The molecule has 1 fully saturated rings. The smallest absolute Gasteiger partial charge is 0.127 e. The van der Waals surface area contributed by atoms with Gasteiger partial charge in [-0.1, -0.05) is 38.8 Å². The molecule has 0 N–H and O–H groups in total. The largest absolute Gasteiger partial charge is 0.493 e. The second-order valence-corrected chi connectivity index (χ2v) is 7.39. The van der Waals surface area contributed by atoms with Gasteiger partial charge in [0, 0.05) is 34.5 Å². The van der Waals surface area contributed by atoms with E-state index in [0.29, 0.717) is 16.7 Å². The number of benzene rings is 1. The first-order valence-corrected chi connectivity index (χ1v) is 8.54. The summed E-state index contributed by atoms with van der Waals surface area (Å²) in [5.74, 6) is 2.29. The van der Waals surface area contributed by atoms with Crippen molar-refractivity contribution in [1.82, 2.24) is 0 Å². The molecule has 2 aliphatic rings. The van der Waals surface area contributed by atoms with Gasteiger partial charge >= 0.3 is 0 Å². The lowest BCUT2D eigenvalue weighted by atomic mass is 9.84. The lowest BCUT2D eigenvalue weighted by Gasteiger charge is -2.33. The van der Waals surface area contributed by atoms with Crippen LogP contribution in [-0.4, -0.2) is 19.8 Å². The van der Waals surface area contributed by atoms with Crippen molar-refractivity contribution in [3.8, 4) is 5.75 Å². The van der Waals surface area contributed by atoms with Gasteiger partial charge in [0.15, 0.2) is 0 Å². The van der Waals surface area contributed by atoms with Crippen molar-refractivity contribution in [1.29, 1.82) is 0 Å². The zero-order valence-corrected chi connectivity index (χ0v) is 14.2. The molecule has 2 nitrogen and oxygen atoms in total. The maximum Gasteiger partial charge on any atom is 0.127 e. The molecule has 2 aliphatic heterocycles. The molecule has 0 spiro atoms. The standard InChI is InChI=1S/C15H18Br2O2/c1-9-8-18-4-3-12(9)14(17)13-7-11(16)6-10-2-5-19-15(10)13/h6-7,9,12,14H,2-5,8H2,1H3. The molecule has 1 aromatic rings. The first-order valence-electron chi connectivity index (χ1n) is 6.83. The molecule has 3 rings (SSSR count). The predicted octanol–water partition coefficient (Wildman–Crippen LogP) is 4.49. The monoisotopic (exact) mass is 388 g/mol. The zero-order valence-electron chi connectivity index (χ0n) is 11.0. The van der Waals surface area contributed by atoms with Gasteiger partial charge < -0.3 is 9.47 Å². The fourth-order valence-corrected chi connectivity index (χ4v) is 4.71. The summed E-state index contributed by atoms with van der Waals surface area (Å²) < 4.78 is 12.6. The average Bonchev–Trinajstić information content (AvgIpc) is 2.85. The number of rotatable bonds is 2. The number of fused-ring (bicyclic) bond motifs is 1. The Morgan fingerprint density at radius 2 is 2.16 bits per heavy atom. The van der Waals surface area contributed by atoms with E-state index in [1.54, 1.807) is 0 Å². The van der Waals surface area contributed by atoms with Gasteiger partial charge in [-0.15, -0.1) is 0 Å². The maximum atomic E-state index is 5.85. The van der Waals surface area contributed by atoms with E-state index in [1.807, 2.05) is 0 Å². The molecular formula is C15H18Br2O2. The van der Waals surface area contributed by atoms with Crippen LogP contribution in [0.2, 0.25) is 0 Å². The van der Waals surface area contributed by atoms with Gasteiger partial charge in [0.25, 0.3) is 0 Å². The summed E-state index contributed by atoms with van der Waals surface area (Å²) in [6, 6.07) is 4.38. The van der Waals surface area contributed by atoms with Crippen LogP contribution in [0.3, 0.4) is 0 Å². The van der Waals surface area contributed by atoms with Crippen molar-refractivity contribution in [2.24, 2.45) is 11.8 Å². The first kappa shape index (κ1) is 13.9. The third-order valence-corrected chi connectivity index (χ3v) is 5.79. The molecule has 0 bridgehead atoms. The number of halogens is 2. The number of ether oxygens (including phenoxy) is 2. The van der Waals surface area contributed by atoms with Crippen molar-refractivity contribution >= 4 is 31.9 Å². The van der Waals surface area contributed by atoms with Crippen LogP contribution in [0.4, 0.5) is 0 Å². The summed E-state index contributed by atoms with van der Waals surface area (Å²) in [5.41, 5.74) is 2.62. The highest BCUT2D eigenvalue weighted by Crippen LogP contribution is 2.46. The van der Waals surface area contributed by atoms with Crippen LogP contribution in [0.5, 0.6) is 5.75 Å². The van der Waals surface area contributed by atoms with E-state index in [9.17, 15) is 0 Å². The Kier molecular flexibility index (Phi) is 4.20. The van der Waals surface area contributed by atoms with E-state index >= 15 is 0 Å². The Morgan fingerprint density at radius 3 is 2.95 bits per heavy atom. The molecule has 1 saturated heterocycles. The van der Waals surface area contributed by atoms with Crippen molar-refractivity contribution in [3.63, 3.8) is 0 Å². The fraction of sp³-hybridized carbons (Fsp3) is 0.600. The molecule has 3 unspecified atom stereocenters. The zero-order chi connectivity index (χ0) is 13.4. The van der Waals surface area contributed by atoms with Gasteiger partial charge in [0.05, 0.1) is 6.61 Å². The van der Waals surface area contributed by atoms with Gasteiger partial charge in [-0.25, -0.2) is 0 Å². The van der Waals surface area contributed by atoms with E-state index in [4.69, 9.17) is 9.47 Å². The summed E-state index contributed by atoms with van der Waals surface area (Å²) >= 11 is 7.54. The molecule has 1 aromatic carbocycles. The molecule has 0 saturated carbocycles. The normalized spacial score (nSPS) is 27.7. The average molecular weight is 390 g/mol. The summed E-state index contributed by atoms with van der Waals surface area (Å²) in [6.45, 7) is 4.82. The van der Waals surface area contributed by atoms with Gasteiger partial charge in [-0.2, -0.15) is 0 Å². The molecule has 0 radical (unpaired) electrons. The minimum atomic E-state index is 0.343. The predicted molar refractivity (Wildman–Crippen MR) is 83.1 cm³/mol. The Bertz CT molecular complexity index is 475. The van der Waals surface area contributed by atoms with Crippen molar-refractivity contribution in [2.75, 3.05) is 19.8 Å². The molecule has 104 valence electrons. The quantitative estimate of drug-likeness (QED) is 0.693. The Hall–Kier alpha value is -0.0600. The molecular weight excluding hydrogens is 372 g/mol. The summed E-state index contributed by atoms with van der Waals surface area (Å²) in [4.78, 5) is 0.343. The van der Waals surface area contributed by atoms with Crippen LogP contribution >= 0.6 is 31.9 Å². The second-order valence-electron chi connectivity index (χ2n) is 5.49. The van der Waals surface area contributed by atoms with Crippen LogP contribution in [0, 0.1) is 11.8 Å². The summed E-state index contributed by atoms with van der Waals surface area (Å²) in [5, 5.41) is 0. The fourth-order valence-electron chi connectivity index (χ4n) is 3.06. The number of hydrogen-bond donors (Lipinski definition) is 0. The number of hydrogen-bond acceptors (Lipinski definition) is 2. The van der Waals surface area contributed by atoms with Gasteiger partial charge in [-0.3, -0.25) is 0 Å². The topological polar surface area (TPSA) is 18.5 Å². The third kappa shape index (κ3) is 2.72. The van der Waals surface area contributed by atoms with E-state index < -0.39 is 0 Å². The van der Waals surface area contributed by atoms with Crippen molar-refractivity contribution < 1.29 is 9.47 Å². The maximum absolute atomic E-state index is 5.85. The third-order valence-electron chi connectivity index (χ3n) is 4.16. The van der Waals surface area contributed by atoms with Crippen molar-refractivity contribution in [3.05, 3.63) is 27.7 Å². The van der Waals surface area contributed by atoms with E-state index in [0.717, 1.165) is 42.9 Å². The molecule has 0 amide bonds.